The molecule has 288 valence electrons. The van der Waals surface area contributed by atoms with Crippen molar-refractivity contribution in [1.82, 2.24) is 19.5 Å². The fourth-order valence-corrected chi connectivity index (χ4v) is 10.9. The van der Waals surface area contributed by atoms with E-state index in [1.807, 2.05) is 59.9 Å². The van der Waals surface area contributed by atoms with E-state index >= 15 is 0 Å². The first-order valence-electron chi connectivity index (χ1n) is 20.7. The summed E-state index contributed by atoms with van der Waals surface area (Å²) in [6, 6.07) is 63.8. The highest BCUT2D eigenvalue weighted by Crippen LogP contribution is 2.45. The molecular formula is C55H30N4O2S. The number of aromatic nitrogens is 4. The summed E-state index contributed by atoms with van der Waals surface area (Å²) in [7, 11) is 0. The molecule has 6 nitrogen and oxygen atoms in total. The zero-order valence-corrected chi connectivity index (χ0v) is 33.7. The summed E-state index contributed by atoms with van der Waals surface area (Å²) in [6.07, 6.45) is 0. The van der Waals surface area contributed by atoms with Gasteiger partial charge in [-0.25, -0.2) is 4.98 Å². The molecule has 0 radical (unpaired) electrons. The fraction of sp³-hybridized carbons (Fsp3) is 0. The van der Waals surface area contributed by atoms with Gasteiger partial charge in [-0.15, -0.1) is 11.3 Å². The van der Waals surface area contributed by atoms with Gasteiger partial charge < -0.3 is 8.83 Å². The number of hydrogen-bond acceptors (Lipinski definition) is 6. The Kier molecular flexibility index (Phi) is 6.89. The average molecular weight is 811 g/mol. The van der Waals surface area contributed by atoms with Gasteiger partial charge in [-0.3, -0.25) is 4.57 Å². The SMILES string of the molecule is c1ccc2c(c1)ccc1c2c2cccc(-c3cccc4c3sc3ccccc34)c2n1-c1nc(-c2ccc3c(c2)oc2ccccc23)nc(-c2ccc3c(c2)oc2ccccc23)n1. The number of thiophene rings is 1. The van der Waals surface area contributed by atoms with Gasteiger partial charge in [0.1, 0.15) is 22.3 Å². The Morgan fingerprint density at radius 3 is 1.68 bits per heavy atom. The molecule has 0 aliphatic rings. The van der Waals surface area contributed by atoms with Crippen LogP contribution in [0, 0.1) is 0 Å². The third-order valence-electron chi connectivity index (χ3n) is 12.5. The van der Waals surface area contributed by atoms with Crippen molar-refractivity contribution in [3.63, 3.8) is 0 Å². The zero-order chi connectivity index (χ0) is 40.5. The number of rotatable bonds is 4. The first kappa shape index (κ1) is 33.7. The van der Waals surface area contributed by atoms with E-state index in [0.717, 1.165) is 82.4 Å². The molecule has 0 aliphatic heterocycles. The van der Waals surface area contributed by atoms with Crippen LogP contribution in [0.2, 0.25) is 0 Å². The molecule has 5 aromatic heterocycles. The van der Waals surface area contributed by atoms with Crippen molar-refractivity contribution in [2.75, 3.05) is 0 Å². The van der Waals surface area contributed by atoms with Crippen molar-refractivity contribution >= 4 is 108 Å². The van der Waals surface area contributed by atoms with Crippen LogP contribution in [0.15, 0.2) is 191 Å². The number of benzene rings is 9. The van der Waals surface area contributed by atoms with E-state index in [-0.39, 0.29) is 0 Å². The number of furan rings is 2. The Bertz CT molecular complexity index is 4060. The van der Waals surface area contributed by atoms with Gasteiger partial charge in [0.2, 0.25) is 5.95 Å². The molecule has 7 heteroatoms. The maximum absolute atomic E-state index is 6.40. The lowest BCUT2D eigenvalue weighted by Crippen LogP contribution is -2.07. The van der Waals surface area contributed by atoms with Crippen LogP contribution in [0.1, 0.15) is 0 Å². The number of hydrogen-bond donors (Lipinski definition) is 0. The summed E-state index contributed by atoms with van der Waals surface area (Å²) in [4.78, 5) is 16.1. The predicted octanol–water partition coefficient (Wildman–Crippen LogP) is 15.3. The minimum Gasteiger partial charge on any atom is -0.456 e. The predicted molar refractivity (Wildman–Crippen MR) is 255 cm³/mol. The van der Waals surface area contributed by atoms with E-state index in [1.54, 1.807) is 0 Å². The normalized spacial score (nSPS) is 12.2. The highest BCUT2D eigenvalue weighted by molar-refractivity contribution is 7.26. The topological polar surface area (TPSA) is 69.9 Å². The fourth-order valence-electron chi connectivity index (χ4n) is 9.67. The Morgan fingerprint density at radius 1 is 0.403 bits per heavy atom. The van der Waals surface area contributed by atoms with Crippen LogP contribution in [0.4, 0.5) is 0 Å². The van der Waals surface area contributed by atoms with E-state index in [4.69, 9.17) is 23.8 Å². The van der Waals surface area contributed by atoms with Crippen LogP contribution < -0.4 is 0 Å². The maximum Gasteiger partial charge on any atom is 0.238 e. The van der Waals surface area contributed by atoms with E-state index in [2.05, 4.69) is 138 Å². The molecule has 9 aromatic carbocycles. The van der Waals surface area contributed by atoms with Crippen LogP contribution in [0.5, 0.6) is 0 Å². The second kappa shape index (κ2) is 12.7. The Hall–Kier alpha value is -8.13. The van der Waals surface area contributed by atoms with Crippen molar-refractivity contribution < 1.29 is 8.83 Å². The van der Waals surface area contributed by atoms with Crippen molar-refractivity contribution in [2.24, 2.45) is 0 Å². The van der Waals surface area contributed by atoms with Gasteiger partial charge >= 0.3 is 0 Å². The molecule has 0 atom stereocenters. The summed E-state index contributed by atoms with van der Waals surface area (Å²) >= 11 is 1.84. The van der Waals surface area contributed by atoms with Crippen LogP contribution in [-0.2, 0) is 0 Å². The van der Waals surface area contributed by atoms with Gasteiger partial charge in [0.05, 0.1) is 11.0 Å². The summed E-state index contributed by atoms with van der Waals surface area (Å²) in [5, 5.41) is 11.4. The third-order valence-corrected chi connectivity index (χ3v) is 13.7. The Balaban J connectivity index is 1.09. The molecule has 5 heterocycles. The molecule has 0 fully saturated rings. The average Bonchev–Trinajstić information content (AvgIpc) is 4.10. The van der Waals surface area contributed by atoms with Crippen molar-refractivity contribution in [1.29, 1.82) is 0 Å². The Labute approximate surface area is 356 Å². The summed E-state index contributed by atoms with van der Waals surface area (Å²) in [5.41, 5.74) is 9.21. The van der Waals surface area contributed by atoms with Gasteiger partial charge in [-0.05, 0) is 59.3 Å². The molecule has 14 rings (SSSR count). The van der Waals surface area contributed by atoms with Gasteiger partial charge in [0.15, 0.2) is 11.6 Å². The first-order valence-corrected chi connectivity index (χ1v) is 21.5. The number of fused-ring (bicyclic) bond motifs is 14. The van der Waals surface area contributed by atoms with Crippen LogP contribution in [-0.4, -0.2) is 19.5 Å². The highest BCUT2D eigenvalue weighted by atomic mass is 32.1. The first-order chi connectivity index (χ1) is 30.7. The van der Waals surface area contributed by atoms with E-state index in [1.165, 1.54) is 36.5 Å². The van der Waals surface area contributed by atoms with Crippen LogP contribution in [0.25, 0.3) is 136 Å². The lowest BCUT2D eigenvalue weighted by Gasteiger charge is -2.13. The standard InChI is InChI=1S/C55H30N4O2S/c1-2-12-34-31(11-1)25-28-44-50(34)43-19-9-16-40(42-18-10-17-41-39-15-5-8-22-49(39)62-52(41)42)51(43)59(44)55-57-53(32-23-26-37-35-13-3-6-20-45(35)60-47(37)29-32)56-54(58-55)33-24-27-38-36-14-4-7-21-46(36)61-48(38)30-33/h1-30H. The molecule has 0 bridgehead atoms. The van der Waals surface area contributed by atoms with Gasteiger partial charge in [0.25, 0.3) is 0 Å². The van der Waals surface area contributed by atoms with Gasteiger partial charge in [0, 0.05) is 74.7 Å². The second-order valence-corrected chi connectivity index (χ2v) is 17.0. The lowest BCUT2D eigenvalue weighted by molar-refractivity contribution is 0.668. The smallest absolute Gasteiger partial charge is 0.238 e. The minimum absolute atomic E-state index is 0.519. The summed E-state index contributed by atoms with van der Waals surface area (Å²) < 4.78 is 17.6. The molecule has 0 saturated heterocycles. The lowest BCUT2D eigenvalue weighted by atomic mass is 9.98. The molecule has 0 spiro atoms. The van der Waals surface area contributed by atoms with E-state index in [9.17, 15) is 0 Å². The number of para-hydroxylation sites is 3. The summed E-state index contributed by atoms with van der Waals surface area (Å²) in [6.45, 7) is 0. The minimum atomic E-state index is 0.519. The molecule has 62 heavy (non-hydrogen) atoms. The zero-order valence-electron chi connectivity index (χ0n) is 32.8. The van der Waals surface area contributed by atoms with Gasteiger partial charge in [-0.1, -0.05) is 133 Å². The number of nitrogens with zero attached hydrogens (tertiary/aromatic N) is 4. The monoisotopic (exact) mass is 810 g/mol. The van der Waals surface area contributed by atoms with Crippen LogP contribution in [0.3, 0.4) is 0 Å². The third kappa shape index (κ3) is 4.82. The molecular weight excluding hydrogens is 781 g/mol. The largest absolute Gasteiger partial charge is 0.456 e. The highest BCUT2D eigenvalue weighted by Gasteiger charge is 2.24. The van der Waals surface area contributed by atoms with Crippen molar-refractivity contribution in [3.8, 4) is 39.9 Å². The molecule has 0 unspecified atom stereocenters. The molecule has 0 N–H and O–H groups in total. The van der Waals surface area contributed by atoms with E-state index in [0.29, 0.717) is 17.6 Å². The maximum atomic E-state index is 6.40. The molecule has 0 amide bonds. The molecule has 0 saturated carbocycles. The molecule has 14 aromatic rings. The van der Waals surface area contributed by atoms with Crippen molar-refractivity contribution in [3.05, 3.63) is 182 Å². The van der Waals surface area contributed by atoms with Crippen molar-refractivity contribution in [2.45, 2.75) is 0 Å². The quantitative estimate of drug-likeness (QED) is 0.177. The molecule has 0 aliphatic carbocycles. The second-order valence-electron chi connectivity index (χ2n) is 15.9. The summed E-state index contributed by atoms with van der Waals surface area (Å²) in [5.74, 6) is 1.60. The van der Waals surface area contributed by atoms with E-state index < -0.39 is 0 Å². The Morgan fingerprint density at radius 2 is 0.968 bits per heavy atom. The van der Waals surface area contributed by atoms with Crippen LogP contribution >= 0.6 is 11.3 Å². The van der Waals surface area contributed by atoms with Gasteiger partial charge in [-0.2, -0.15) is 9.97 Å².